The molecule has 0 aliphatic carbocycles. The highest BCUT2D eigenvalue weighted by atomic mass is 35.5. The van der Waals surface area contributed by atoms with Crippen molar-refractivity contribution in [2.75, 3.05) is 6.61 Å². The number of benzene rings is 3. The van der Waals surface area contributed by atoms with Gasteiger partial charge in [-0.25, -0.2) is 10.2 Å². The number of esters is 1. The van der Waals surface area contributed by atoms with E-state index < -0.39 is 5.97 Å². The Balaban J connectivity index is 1.47. The Morgan fingerprint density at radius 3 is 2.50 bits per heavy atom. The van der Waals surface area contributed by atoms with Crippen LogP contribution in [-0.2, 0) is 4.79 Å². The van der Waals surface area contributed by atoms with Crippen molar-refractivity contribution in [2.24, 2.45) is 5.10 Å². The van der Waals surface area contributed by atoms with E-state index in [4.69, 9.17) is 21.1 Å². The van der Waals surface area contributed by atoms with Crippen LogP contribution in [0.3, 0.4) is 0 Å². The lowest BCUT2D eigenvalue weighted by Gasteiger charge is -2.06. The first-order valence-corrected chi connectivity index (χ1v) is 9.46. The Labute approximate surface area is 179 Å². The van der Waals surface area contributed by atoms with Gasteiger partial charge in [0.05, 0.1) is 11.8 Å². The Bertz CT molecular complexity index is 1060. The average Bonchev–Trinajstić information content (AvgIpc) is 2.73. The standard InChI is InChI=1S/C23H19ClN2O4/c1-16-4-2-7-21(12-16)29-15-22(27)26-25-14-17-8-10-20(11-9-17)30-23(28)18-5-3-6-19(24)13-18/h2-14H,15H2,1H3,(H,26,27)/b25-14-. The van der Waals surface area contributed by atoms with E-state index in [2.05, 4.69) is 10.5 Å². The molecule has 1 amide bonds. The van der Waals surface area contributed by atoms with E-state index in [0.29, 0.717) is 22.1 Å². The van der Waals surface area contributed by atoms with Crippen LogP contribution in [-0.4, -0.2) is 24.7 Å². The number of halogens is 1. The molecular weight excluding hydrogens is 404 g/mol. The van der Waals surface area contributed by atoms with Gasteiger partial charge in [-0.05, 0) is 72.6 Å². The molecule has 0 aliphatic rings. The lowest BCUT2D eigenvalue weighted by Crippen LogP contribution is -2.24. The number of hydrogen-bond donors (Lipinski definition) is 1. The number of carbonyl (C=O) groups is 2. The van der Waals surface area contributed by atoms with Crippen molar-refractivity contribution < 1.29 is 19.1 Å². The van der Waals surface area contributed by atoms with Crippen molar-refractivity contribution in [2.45, 2.75) is 6.92 Å². The first kappa shape index (κ1) is 21.1. The number of carbonyl (C=O) groups excluding carboxylic acids is 2. The fourth-order valence-electron chi connectivity index (χ4n) is 2.47. The first-order chi connectivity index (χ1) is 14.5. The highest BCUT2D eigenvalue weighted by Crippen LogP contribution is 2.16. The normalized spacial score (nSPS) is 10.6. The molecule has 0 saturated carbocycles. The molecular formula is C23H19ClN2O4. The maximum Gasteiger partial charge on any atom is 0.343 e. The monoisotopic (exact) mass is 422 g/mol. The molecule has 0 spiro atoms. The van der Waals surface area contributed by atoms with Gasteiger partial charge < -0.3 is 9.47 Å². The van der Waals surface area contributed by atoms with Crippen molar-refractivity contribution in [3.05, 3.63) is 94.5 Å². The third-order valence-corrected chi connectivity index (χ3v) is 4.15. The maximum absolute atomic E-state index is 12.1. The van der Waals surface area contributed by atoms with Crippen molar-refractivity contribution in [3.63, 3.8) is 0 Å². The number of hydrazone groups is 1. The molecule has 3 rings (SSSR count). The molecule has 0 bridgehead atoms. The number of amides is 1. The summed E-state index contributed by atoms with van der Waals surface area (Å²) in [5.74, 6) is 0.129. The van der Waals surface area contributed by atoms with Gasteiger partial charge in [-0.15, -0.1) is 0 Å². The zero-order valence-electron chi connectivity index (χ0n) is 16.2. The minimum absolute atomic E-state index is 0.140. The van der Waals surface area contributed by atoms with Gasteiger partial charge in [0.1, 0.15) is 11.5 Å². The predicted molar refractivity (Wildman–Crippen MR) is 115 cm³/mol. The quantitative estimate of drug-likeness (QED) is 0.265. The average molecular weight is 423 g/mol. The minimum Gasteiger partial charge on any atom is -0.484 e. The summed E-state index contributed by atoms with van der Waals surface area (Å²) in [6, 6.07) is 20.6. The second-order valence-electron chi connectivity index (χ2n) is 6.37. The first-order valence-electron chi connectivity index (χ1n) is 9.09. The number of ether oxygens (including phenoxy) is 2. The molecule has 0 saturated heterocycles. The van der Waals surface area contributed by atoms with E-state index in [1.54, 1.807) is 48.5 Å². The molecule has 3 aromatic carbocycles. The highest BCUT2D eigenvalue weighted by molar-refractivity contribution is 6.30. The third kappa shape index (κ3) is 6.46. The molecule has 0 heterocycles. The van der Waals surface area contributed by atoms with E-state index in [9.17, 15) is 9.59 Å². The van der Waals surface area contributed by atoms with Crippen LogP contribution in [0.5, 0.6) is 11.5 Å². The van der Waals surface area contributed by atoms with Crippen LogP contribution < -0.4 is 14.9 Å². The van der Waals surface area contributed by atoms with Gasteiger partial charge in [-0.3, -0.25) is 4.79 Å². The summed E-state index contributed by atoms with van der Waals surface area (Å²) in [7, 11) is 0. The molecule has 0 fully saturated rings. The molecule has 0 aromatic heterocycles. The molecule has 1 N–H and O–H groups in total. The van der Waals surface area contributed by atoms with E-state index in [0.717, 1.165) is 11.1 Å². The van der Waals surface area contributed by atoms with E-state index in [1.165, 1.54) is 12.3 Å². The van der Waals surface area contributed by atoms with Gasteiger partial charge >= 0.3 is 5.97 Å². The van der Waals surface area contributed by atoms with Crippen LogP contribution in [0.2, 0.25) is 5.02 Å². The van der Waals surface area contributed by atoms with Crippen molar-refractivity contribution >= 4 is 29.7 Å². The van der Waals surface area contributed by atoms with E-state index in [1.807, 2.05) is 25.1 Å². The lowest BCUT2D eigenvalue weighted by molar-refractivity contribution is -0.123. The van der Waals surface area contributed by atoms with Gasteiger partial charge in [-0.1, -0.05) is 29.8 Å². The Morgan fingerprint density at radius 2 is 1.77 bits per heavy atom. The smallest absolute Gasteiger partial charge is 0.343 e. The molecule has 7 heteroatoms. The summed E-state index contributed by atoms with van der Waals surface area (Å²) in [6.45, 7) is 1.81. The Kier molecular flexibility index (Phi) is 7.19. The second-order valence-corrected chi connectivity index (χ2v) is 6.80. The largest absolute Gasteiger partial charge is 0.484 e. The van der Waals surface area contributed by atoms with E-state index in [-0.39, 0.29) is 12.5 Å². The van der Waals surface area contributed by atoms with Gasteiger partial charge in [0.2, 0.25) is 0 Å². The summed E-state index contributed by atoms with van der Waals surface area (Å²) in [6.07, 6.45) is 1.48. The predicted octanol–water partition coefficient (Wildman–Crippen LogP) is 4.40. The van der Waals surface area contributed by atoms with Crippen LogP contribution >= 0.6 is 11.6 Å². The third-order valence-electron chi connectivity index (χ3n) is 3.91. The lowest BCUT2D eigenvalue weighted by atomic mass is 10.2. The van der Waals surface area contributed by atoms with Crippen molar-refractivity contribution in [1.29, 1.82) is 0 Å². The molecule has 0 aliphatic heterocycles. The van der Waals surface area contributed by atoms with Gasteiger partial charge in [0, 0.05) is 5.02 Å². The number of nitrogens with one attached hydrogen (secondary N) is 1. The topological polar surface area (TPSA) is 77.0 Å². The van der Waals surface area contributed by atoms with Crippen LogP contribution in [0.15, 0.2) is 77.9 Å². The summed E-state index contributed by atoms with van der Waals surface area (Å²) < 4.78 is 10.7. The SMILES string of the molecule is Cc1cccc(OCC(=O)N/N=C\c2ccc(OC(=O)c3cccc(Cl)c3)cc2)c1. The fraction of sp³-hybridized carbons (Fsp3) is 0.0870. The van der Waals surface area contributed by atoms with Crippen LogP contribution in [0.4, 0.5) is 0 Å². The van der Waals surface area contributed by atoms with Gasteiger partial charge in [-0.2, -0.15) is 5.10 Å². The Hall–Kier alpha value is -3.64. The van der Waals surface area contributed by atoms with E-state index >= 15 is 0 Å². The number of rotatable bonds is 7. The summed E-state index contributed by atoms with van der Waals surface area (Å²) in [5.41, 5.74) is 4.53. The van der Waals surface area contributed by atoms with Gasteiger partial charge in [0.15, 0.2) is 6.61 Å². The van der Waals surface area contributed by atoms with Crippen LogP contribution in [0, 0.1) is 6.92 Å². The Morgan fingerprint density at radius 1 is 1.00 bits per heavy atom. The minimum atomic E-state index is -0.500. The van der Waals surface area contributed by atoms with Crippen molar-refractivity contribution in [1.82, 2.24) is 5.43 Å². The number of aryl methyl sites for hydroxylation is 1. The highest BCUT2D eigenvalue weighted by Gasteiger charge is 2.08. The zero-order valence-corrected chi connectivity index (χ0v) is 16.9. The second kappa shape index (κ2) is 10.2. The summed E-state index contributed by atoms with van der Waals surface area (Å²) in [5, 5.41) is 4.35. The molecule has 0 atom stereocenters. The van der Waals surface area contributed by atoms with Crippen LogP contribution in [0.25, 0.3) is 0 Å². The fourth-order valence-corrected chi connectivity index (χ4v) is 2.66. The summed E-state index contributed by atoms with van der Waals surface area (Å²) >= 11 is 5.88. The number of hydrogen-bond acceptors (Lipinski definition) is 5. The van der Waals surface area contributed by atoms with Crippen molar-refractivity contribution in [3.8, 4) is 11.5 Å². The van der Waals surface area contributed by atoms with Crippen LogP contribution in [0.1, 0.15) is 21.5 Å². The molecule has 152 valence electrons. The summed E-state index contributed by atoms with van der Waals surface area (Å²) in [4.78, 5) is 23.9. The molecule has 30 heavy (non-hydrogen) atoms. The maximum atomic E-state index is 12.1. The molecule has 3 aromatic rings. The molecule has 6 nitrogen and oxygen atoms in total. The number of nitrogens with zero attached hydrogens (tertiary/aromatic N) is 1. The molecule has 0 radical (unpaired) electrons. The molecule has 0 unspecified atom stereocenters. The zero-order chi connectivity index (χ0) is 21.3. The van der Waals surface area contributed by atoms with Gasteiger partial charge in [0.25, 0.3) is 5.91 Å².